The van der Waals surface area contributed by atoms with Gasteiger partial charge in [-0.2, -0.15) is 5.26 Å². The average molecular weight is 282 g/mol. The van der Waals surface area contributed by atoms with Crippen molar-refractivity contribution in [2.24, 2.45) is 5.41 Å². The number of halogens is 1. The van der Waals surface area contributed by atoms with Crippen LogP contribution in [-0.2, 0) is 6.54 Å². The smallest absolute Gasteiger partial charge is 0.267 e. The average Bonchev–Trinajstić information content (AvgIpc) is 3.00. The van der Waals surface area contributed by atoms with Crippen LogP contribution < -0.4 is 5.56 Å². The fourth-order valence-electron chi connectivity index (χ4n) is 1.81. The molecule has 1 saturated carbocycles. The highest BCUT2D eigenvalue weighted by atomic mass is 79.9. The molecule has 0 amide bonds. The van der Waals surface area contributed by atoms with Gasteiger partial charge in [-0.05, 0) is 35.7 Å². The maximum Gasteiger partial charge on any atom is 0.267 e. The van der Waals surface area contributed by atoms with Crippen LogP contribution in [0.2, 0.25) is 0 Å². The van der Waals surface area contributed by atoms with E-state index in [2.05, 4.69) is 27.0 Å². The van der Waals surface area contributed by atoms with Crippen LogP contribution >= 0.6 is 15.9 Å². The second-order valence-corrected chi connectivity index (χ2v) is 5.23. The summed E-state index contributed by atoms with van der Waals surface area (Å²) in [4.78, 5) is 16.0. The Morgan fingerprint density at radius 3 is 2.94 bits per heavy atom. The molecular weight excluding hydrogens is 270 g/mol. The van der Waals surface area contributed by atoms with Crippen molar-refractivity contribution in [2.45, 2.75) is 32.7 Å². The summed E-state index contributed by atoms with van der Waals surface area (Å²) in [5.41, 5.74) is -0.0389. The van der Waals surface area contributed by atoms with Crippen LogP contribution in [0, 0.1) is 23.7 Å². The first-order chi connectivity index (χ1) is 7.58. The Kier molecular flexibility index (Phi) is 2.85. The lowest BCUT2D eigenvalue weighted by Gasteiger charge is -2.15. The Morgan fingerprint density at radius 2 is 2.38 bits per heavy atom. The highest BCUT2D eigenvalue weighted by Crippen LogP contribution is 2.49. The van der Waals surface area contributed by atoms with Crippen molar-refractivity contribution in [3.05, 3.63) is 26.8 Å². The van der Waals surface area contributed by atoms with Gasteiger partial charge in [-0.3, -0.25) is 9.36 Å². The largest absolute Gasteiger partial charge is 0.295 e. The summed E-state index contributed by atoms with van der Waals surface area (Å²) in [5.74, 6) is 0.706. The minimum atomic E-state index is -0.0586. The van der Waals surface area contributed by atoms with Crippen LogP contribution in [0.3, 0.4) is 0 Å². The molecule has 1 aromatic heterocycles. The fraction of sp³-hybridized carbons (Fsp3) is 0.545. The molecule has 0 N–H and O–H groups in total. The van der Waals surface area contributed by atoms with E-state index in [0.29, 0.717) is 23.3 Å². The van der Waals surface area contributed by atoms with Gasteiger partial charge in [0, 0.05) is 24.6 Å². The van der Waals surface area contributed by atoms with E-state index in [1.165, 1.54) is 6.20 Å². The molecule has 1 aromatic rings. The van der Waals surface area contributed by atoms with E-state index >= 15 is 0 Å². The van der Waals surface area contributed by atoms with Gasteiger partial charge in [0.15, 0.2) is 0 Å². The van der Waals surface area contributed by atoms with Crippen LogP contribution in [0.1, 0.15) is 25.1 Å². The zero-order valence-electron chi connectivity index (χ0n) is 9.03. The van der Waals surface area contributed by atoms with Crippen molar-refractivity contribution in [3.63, 3.8) is 0 Å². The first-order valence-electron chi connectivity index (χ1n) is 5.17. The minimum Gasteiger partial charge on any atom is -0.295 e. The van der Waals surface area contributed by atoms with Gasteiger partial charge in [-0.1, -0.05) is 0 Å². The fourth-order valence-corrected chi connectivity index (χ4v) is 2.12. The summed E-state index contributed by atoms with van der Waals surface area (Å²) in [5, 5.41) is 8.75. The molecule has 0 spiro atoms. The summed E-state index contributed by atoms with van der Waals surface area (Å²) >= 11 is 3.19. The molecular formula is C11H12BrN3O. The summed E-state index contributed by atoms with van der Waals surface area (Å²) in [6, 6.07) is 2.20. The van der Waals surface area contributed by atoms with Gasteiger partial charge < -0.3 is 0 Å². The Bertz CT molecular complexity index is 511. The lowest BCUT2D eigenvalue weighted by atomic mass is 10.0. The molecule has 4 nitrogen and oxygen atoms in total. The van der Waals surface area contributed by atoms with Crippen LogP contribution in [0.25, 0.3) is 0 Å². The molecule has 0 unspecified atom stereocenters. The van der Waals surface area contributed by atoms with Crippen molar-refractivity contribution in [1.82, 2.24) is 9.55 Å². The van der Waals surface area contributed by atoms with E-state index in [9.17, 15) is 4.79 Å². The van der Waals surface area contributed by atoms with Crippen LogP contribution in [0.4, 0.5) is 0 Å². The molecule has 1 aliphatic rings. The monoisotopic (exact) mass is 281 g/mol. The predicted octanol–water partition coefficient (Wildman–Crippen LogP) is 2.01. The van der Waals surface area contributed by atoms with E-state index < -0.39 is 0 Å². The number of nitrogens with zero attached hydrogens (tertiary/aromatic N) is 3. The Labute approximate surface area is 102 Å². The SMILES string of the molecule is Cc1ncc(Br)c(=O)n1CC1(CC#N)CC1. The number of nitriles is 1. The van der Waals surface area contributed by atoms with Gasteiger partial charge >= 0.3 is 0 Å². The summed E-state index contributed by atoms with van der Waals surface area (Å²) in [7, 11) is 0. The van der Waals surface area contributed by atoms with E-state index in [4.69, 9.17) is 5.26 Å². The van der Waals surface area contributed by atoms with Gasteiger partial charge in [-0.25, -0.2) is 4.98 Å². The van der Waals surface area contributed by atoms with E-state index in [-0.39, 0.29) is 11.0 Å². The van der Waals surface area contributed by atoms with Gasteiger partial charge in [0.05, 0.1) is 6.07 Å². The molecule has 2 rings (SSSR count). The molecule has 1 aliphatic carbocycles. The lowest BCUT2D eigenvalue weighted by molar-refractivity contribution is 0.412. The summed E-state index contributed by atoms with van der Waals surface area (Å²) in [6.45, 7) is 2.42. The first kappa shape index (κ1) is 11.3. The number of hydrogen-bond donors (Lipinski definition) is 0. The quantitative estimate of drug-likeness (QED) is 0.852. The number of rotatable bonds is 3. The van der Waals surface area contributed by atoms with Crippen LogP contribution in [0.5, 0.6) is 0 Å². The zero-order chi connectivity index (χ0) is 11.8. The van der Waals surface area contributed by atoms with Crippen LogP contribution in [0.15, 0.2) is 15.5 Å². The molecule has 0 atom stereocenters. The van der Waals surface area contributed by atoms with E-state index in [0.717, 1.165) is 12.8 Å². The van der Waals surface area contributed by atoms with Gasteiger partial charge in [0.2, 0.25) is 0 Å². The number of hydrogen-bond acceptors (Lipinski definition) is 3. The standard InChI is InChI=1S/C11H12BrN3O/c1-8-14-6-9(12)10(16)15(8)7-11(2-3-11)4-5-13/h6H,2-4,7H2,1H3. The summed E-state index contributed by atoms with van der Waals surface area (Å²) in [6.07, 6.45) is 4.10. The van der Waals surface area contributed by atoms with Gasteiger partial charge in [0.1, 0.15) is 10.3 Å². The normalized spacial score (nSPS) is 16.8. The van der Waals surface area contributed by atoms with Crippen molar-refractivity contribution in [2.75, 3.05) is 0 Å². The lowest BCUT2D eigenvalue weighted by Crippen LogP contribution is -2.28. The second kappa shape index (κ2) is 4.02. The molecule has 0 radical (unpaired) electrons. The molecule has 0 bridgehead atoms. The Balaban J connectivity index is 2.32. The molecule has 0 aliphatic heterocycles. The zero-order valence-corrected chi connectivity index (χ0v) is 10.6. The molecule has 0 aromatic carbocycles. The van der Waals surface area contributed by atoms with Crippen molar-refractivity contribution in [1.29, 1.82) is 5.26 Å². The molecule has 1 heterocycles. The van der Waals surface area contributed by atoms with E-state index in [1.807, 2.05) is 6.92 Å². The minimum absolute atomic E-state index is 0.0197. The maximum atomic E-state index is 11.9. The van der Waals surface area contributed by atoms with Gasteiger partial charge in [-0.15, -0.1) is 0 Å². The highest BCUT2D eigenvalue weighted by Gasteiger charge is 2.43. The molecule has 1 fully saturated rings. The van der Waals surface area contributed by atoms with Crippen LogP contribution in [-0.4, -0.2) is 9.55 Å². The topological polar surface area (TPSA) is 58.7 Å². The van der Waals surface area contributed by atoms with Crippen molar-refractivity contribution >= 4 is 15.9 Å². The van der Waals surface area contributed by atoms with E-state index in [1.54, 1.807) is 4.57 Å². The Hall–Kier alpha value is -1.15. The highest BCUT2D eigenvalue weighted by molar-refractivity contribution is 9.10. The third-order valence-corrected chi connectivity index (χ3v) is 3.65. The number of aromatic nitrogens is 2. The molecule has 5 heteroatoms. The molecule has 84 valence electrons. The third-order valence-electron chi connectivity index (χ3n) is 3.11. The van der Waals surface area contributed by atoms with Gasteiger partial charge in [0.25, 0.3) is 5.56 Å². The maximum absolute atomic E-state index is 11.9. The number of aryl methyl sites for hydroxylation is 1. The first-order valence-corrected chi connectivity index (χ1v) is 5.96. The third kappa shape index (κ3) is 2.03. The second-order valence-electron chi connectivity index (χ2n) is 4.38. The predicted molar refractivity (Wildman–Crippen MR) is 62.8 cm³/mol. The van der Waals surface area contributed by atoms with Crippen molar-refractivity contribution < 1.29 is 0 Å². The Morgan fingerprint density at radius 1 is 1.69 bits per heavy atom. The summed E-state index contributed by atoms with van der Waals surface area (Å²) < 4.78 is 2.14. The van der Waals surface area contributed by atoms with Crippen molar-refractivity contribution in [3.8, 4) is 6.07 Å². The molecule has 0 saturated heterocycles. The molecule has 16 heavy (non-hydrogen) atoms.